The second-order valence-corrected chi connectivity index (χ2v) is 9.91. The van der Waals surface area contributed by atoms with E-state index >= 15 is 0 Å². The minimum absolute atomic E-state index is 0.0482. The van der Waals surface area contributed by atoms with E-state index in [1.807, 2.05) is 99.6 Å². The summed E-state index contributed by atoms with van der Waals surface area (Å²) in [5.74, 6) is 4.83. The lowest BCUT2D eigenvalue weighted by Gasteiger charge is -2.07. The van der Waals surface area contributed by atoms with Gasteiger partial charge in [0.1, 0.15) is 17.3 Å². The molecule has 8 nitrogen and oxygen atoms in total. The zero-order valence-electron chi connectivity index (χ0n) is 24.8. The largest absolute Gasteiger partial charge is 0.497 e. The van der Waals surface area contributed by atoms with E-state index in [9.17, 15) is 9.90 Å². The zero-order chi connectivity index (χ0) is 30.8. The number of carboxylic acids is 1. The summed E-state index contributed by atoms with van der Waals surface area (Å²) in [7, 11) is 1.65. The van der Waals surface area contributed by atoms with Gasteiger partial charge in [0.2, 0.25) is 0 Å². The molecule has 0 bridgehead atoms. The lowest BCUT2D eigenvalue weighted by molar-refractivity contribution is 0.0689. The molecule has 1 atom stereocenters. The number of carbonyl (C=O) groups is 1. The van der Waals surface area contributed by atoms with Crippen LogP contribution in [-0.4, -0.2) is 39.6 Å². The van der Waals surface area contributed by atoms with Crippen molar-refractivity contribution in [1.29, 1.82) is 0 Å². The maximum absolute atomic E-state index is 11.7. The molecule has 0 fully saturated rings. The molecule has 5 aromatic rings. The summed E-state index contributed by atoms with van der Waals surface area (Å²) >= 11 is 0. The van der Waals surface area contributed by atoms with Crippen LogP contribution in [0, 0.1) is 26.2 Å². The van der Waals surface area contributed by atoms with Crippen LogP contribution in [0.25, 0.3) is 5.69 Å². The second kappa shape index (κ2) is 14.6. The van der Waals surface area contributed by atoms with Gasteiger partial charge >= 0.3 is 5.97 Å². The van der Waals surface area contributed by atoms with E-state index < -0.39 is 5.97 Å². The van der Waals surface area contributed by atoms with Gasteiger partial charge in [-0.15, -0.1) is 6.42 Å². The highest BCUT2D eigenvalue weighted by molar-refractivity contribution is 5.87. The number of carboxylic acid groups (broad SMARTS) is 1. The summed E-state index contributed by atoms with van der Waals surface area (Å²) in [5.41, 5.74) is 4.46. The first-order chi connectivity index (χ1) is 20.8. The Hall–Kier alpha value is -5.29. The predicted octanol–water partition coefficient (Wildman–Crippen LogP) is 6.82. The lowest BCUT2D eigenvalue weighted by Crippen LogP contribution is -2.04. The molecule has 8 heteroatoms. The van der Waals surface area contributed by atoms with E-state index in [0.29, 0.717) is 30.9 Å². The van der Waals surface area contributed by atoms with Crippen LogP contribution >= 0.6 is 0 Å². The maximum atomic E-state index is 11.7. The Morgan fingerprint density at radius 1 is 1.05 bits per heavy atom. The fraction of sp³-hybridized carbons (Fsp3) is 0.229. The number of terminal acetylenes is 1. The Morgan fingerprint density at radius 2 is 1.79 bits per heavy atom. The molecule has 0 aliphatic carbocycles. The molecule has 0 saturated carbocycles. The minimum Gasteiger partial charge on any atom is -0.497 e. The van der Waals surface area contributed by atoms with Crippen molar-refractivity contribution < 1.29 is 23.8 Å². The third-order valence-corrected chi connectivity index (χ3v) is 6.76. The molecule has 0 saturated heterocycles. The monoisotopic (exact) mass is 577 g/mol. The van der Waals surface area contributed by atoms with Crippen LogP contribution in [-0.2, 0) is 12.8 Å². The summed E-state index contributed by atoms with van der Waals surface area (Å²) in [6, 6.07) is 24.9. The summed E-state index contributed by atoms with van der Waals surface area (Å²) in [6.45, 7) is 6.19. The van der Waals surface area contributed by atoms with Crippen molar-refractivity contribution in [3.05, 3.63) is 125 Å². The number of oxazole rings is 1. The molecule has 1 unspecified atom stereocenters. The Bertz CT molecular complexity index is 1700. The van der Waals surface area contributed by atoms with Gasteiger partial charge in [-0.1, -0.05) is 48.4 Å². The van der Waals surface area contributed by atoms with Gasteiger partial charge in [-0.2, -0.15) is 5.10 Å². The quantitative estimate of drug-likeness (QED) is 0.182. The van der Waals surface area contributed by atoms with Gasteiger partial charge in [0.25, 0.3) is 0 Å². The summed E-state index contributed by atoms with van der Waals surface area (Å²) in [4.78, 5) is 16.1. The van der Waals surface area contributed by atoms with Crippen molar-refractivity contribution in [3.63, 3.8) is 0 Å². The van der Waals surface area contributed by atoms with Crippen LogP contribution in [0.2, 0.25) is 0 Å². The first kappa shape index (κ1) is 30.7. The average Bonchev–Trinajstić information content (AvgIpc) is 3.59. The average molecular weight is 578 g/mol. The van der Waals surface area contributed by atoms with Crippen LogP contribution in [0.3, 0.4) is 0 Å². The lowest BCUT2D eigenvalue weighted by atomic mass is 10.0. The van der Waals surface area contributed by atoms with Gasteiger partial charge in [0.15, 0.2) is 11.6 Å². The molecule has 0 radical (unpaired) electrons. The third kappa shape index (κ3) is 8.37. The molecule has 1 N–H and O–H groups in total. The topological polar surface area (TPSA) is 99.6 Å². The van der Waals surface area contributed by atoms with Crippen LogP contribution < -0.4 is 9.47 Å². The van der Waals surface area contributed by atoms with Gasteiger partial charge in [0, 0.05) is 37.4 Å². The molecule has 0 aliphatic heterocycles. The van der Waals surface area contributed by atoms with Gasteiger partial charge in [-0.25, -0.2) is 14.5 Å². The SMILES string of the molecule is C#CC(C)c1cccc(OC)c1.Cc1nc(CCOc2cccc(Cc3cn(-c4ccccc4)nc3C(=O)O)c2)c(C)o1. The van der Waals surface area contributed by atoms with Crippen molar-refractivity contribution in [2.24, 2.45) is 0 Å². The van der Waals surface area contributed by atoms with E-state index in [0.717, 1.165) is 39.8 Å². The van der Waals surface area contributed by atoms with Crippen molar-refractivity contribution in [2.45, 2.75) is 39.5 Å². The number of hydrogen-bond acceptors (Lipinski definition) is 6. The number of aromatic nitrogens is 3. The molecular weight excluding hydrogens is 542 g/mol. The maximum Gasteiger partial charge on any atom is 0.356 e. The Labute approximate surface area is 251 Å². The summed E-state index contributed by atoms with van der Waals surface area (Å²) in [6.07, 6.45) is 8.16. The number of hydrogen-bond donors (Lipinski definition) is 1. The van der Waals surface area contributed by atoms with Gasteiger partial charge in [0.05, 0.1) is 25.1 Å². The first-order valence-electron chi connectivity index (χ1n) is 13.9. The predicted molar refractivity (Wildman–Crippen MR) is 165 cm³/mol. The van der Waals surface area contributed by atoms with Crippen molar-refractivity contribution in [3.8, 4) is 29.5 Å². The number of aromatic carboxylic acids is 1. The highest BCUT2D eigenvalue weighted by Gasteiger charge is 2.17. The van der Waals surface area contributed by atoms with E-state index in [1.54, 1.807) is 18.0 Å². The first-order valence-corrected chi connectivity index (χ1v) is 13.9. The highest BCUT2D eigenvalue weighted by Crippen LogP contribution is 2.21. The van der Waals surface area contributed by atoms with E-state index in [1.165, 1.54) is 0 Å². The molecular formula is C35H35N3O5. The van der Waals surface area contributed by atoms with E-state index in [2.05, 4.69) is 16.0 Å². The molecule has 2 heterocycles. The third-order valence-electron chi connectivity index (χ3n) is 6.76. The Balaban J connectivity index is 0.000000296. The smallest absolute Gasteiger partial charge is 0.356 e. The van der Waals surface area contributed by atoms with E-state index in [4.69, 9.17) is 20.3 Å². The van der Waals surface area contributed by atoms with Gasteiger partial charge in [-0.3, -0.25) is 0 Å². The molecule has 2 aromatic heterocycles. The van der Waals surface area contributed by atoms with Crippen LogP contribution in [0.5, 0.6) is 11.5 Å². The number of aryl methyl sites for hydroxylation is 2. The Morgan fingerprint density at radius 3 is 2.47 bits per heavy atom. The molecule has 220 valence electrons. The number of benzene rings is 3. The van der Waals surface area contributed by atoms with Crippen LogP contribution in [0.4, 0.5) is 0 Å². The van der Waals surface area contributed by atoms with Gasteiger partial charge < -0.3 is 19.0 Å². The molecule has 3 aromatic carbocycles. The number of nitrogens with zero attached hydrogens (tertiary/aromatic N) is 3. The fourth-order valence-electron chi connectivity index (χ4n) is 4.47. The molecule has 0 aliphatic rings. The van der Waals surface area contributed by atoms with Crippen LogP contribution in [0.15, 0.2) is 89.5 Å². The number of rotatable bonds is 10. The Kier molecular flexibility index (Phi) is 10.4. The fourth-order valence-corrected chi connectivity index (χ4v) is 4.47. The number of methoxy groups -OCH3 is 1. The highest BCUT2D eigenvalue weighted by atomic mass is 16.5. The van der Waals surface area contributed by atoms with E-state index in [-0.39, 0.29) is 11.6 Å². The van der Waals surface area contributed by atoms with Crippen molar-refractivity contribution >= 4 is 5.97 Å². The number of para-hydroxylation sites is 1. The molecule has 0 spiro atoms. The zero-order valence-corrected chi connectivity index (χ0v) is 24.8. The van der Waals surface area contributed by atoms with Crippen molar-refractivity contribution in [1.82, 2.24) is 14.8 Å². The normalized spacial score (nSPS) is 11.1. The molecule has 43 heavy (non-hydrogen) atoms. The number of ether oxygens (including phenoxy) is 2. The second-order valence-electron chi connectivity index (χ2n) is 9.91. The van der Waals surface area contributed by atoms with Crippen molar-refractivity contribution in [2.75, 3.05) is 13.7 Å². The summed E-state index contributed by atoms with van der Waals surface area (Å²) < 4.78 is 18.0. The summed E-state index contributed by atoms with van der Waals surface area (Å²) in [5, 5.41) is 13.9. The molecule has 0 amide bonds. The van der Waals surface area contributed by atoms with Crippen LogP contribution in [0.1, 0.15) is 57.4 Å². The van der Waals surface area contributed by atoms with Gasteiger partial charge in [-0.05, 0) is 61.4 Å². The minimum atomic E-state index is -1.05. The molecule has 5 rings (SSSR count). The standard InChI is InChI=1S/C24H23N3O4.C11H12O/c1-16-22(25-17(2)31-16)11-12-30-21-10-6-7-18(14-21)13-19-15-27(26-23(19)24(28)29)20-8-4-3-5-9-20;1-4-9(2)10-6-5-7-11(8-10)12-3/h3-10,14-15H,11-13H2,1-2H3,(H,28,29);1,5-9H,2-3H3.